The van der Waals surface area contributed by atoms with Crippen LogP contribution in [-0.2, 0) is 28.6 Å². The first-order chi connectivity index (χ1) is 31.5. The molecule has 0 aliphatic heterocycles. The van der Waals surface area contributed by atoms with Crippen molar-refractivity contribution in [2.75, 3.05) is 13.2 Å². The van der Waals surface area contributed by atoms with E-state index in [1.165, 1.54) is 83.5 Å². The van der Waals surface area contributed by atoms with Gasteiger partial charge in [0.25, 0.3) is 0 Å². The van der Waals surface area contributed by atoms with Gasteiger partial charge in [0, 0.05) is 19.3 Å². The lowest BCUT2D eigenvalue weighted by Crippen LogP contribution is -2.30. The van der Waals surface area contributed by atoms with Crippen molar-refractivity contribution in [1.82, 2.24) is 0 Å². The van der Waals surface area contributed by atoms with Crippen LogP contribution >= 0.6 is 0 Å². The van der Waals surface area contributed by atoms with Crippen LogP contribution in [0.3, 0.4) is 0 Å². The van der Waals surface area contributed by atoms with Crippen LogP contribution in [0, 0.1) is 0 Å². The fraction of sp³-hybridized carbons (Fsp3) is 0.638. The highest BCUT2D eigenvalue weighted by atomic mass is 16.6. The molecule has 0 aromatic carbocycles. The van der Waals surface area contributed by atoms with Gasteiger partial charge in [0.1, 0.15) is 13.2 Å². The van der Waals surface area contributed by atoms with Crippen molar-refractivity contribution in [2.24, 2.45) is 0 Å². The zero-order valence-corrected chi connectivity index (χ0v) is 41.3. The van der Waals surface area contributed by atoms with Crippen molar-refractivity contribution in [2.45, 2.75) is 226 Å². The van der Waals surface area contributed by atoms with Crippen LogP contribution in [0.2, 0.25) is 0 Å². The van der Waals surface area contributed by atoms with E-state index in [1.807, 2.05) is 54.7 Å². The Labute approximate surface area is 393 Å². The zero-order valence-electron chi connectivity index (χ0n) is 41.3. The van der Waals surface area contributed by atoms with Crippen LogP contribution in [0.25, 0.3) is 0 Å². The van der Waals surface area contributed by atoms with E-state index >= 15 is 0 Å². The first-order valence-corrected chi connectivity index (χ1v) is 26.0. The van der Waals surface area contributed by atoms with Crippen LogP contribution in [0.1, 0.15) is 220 Å². The lowest BCUT2D eigenvalue weighted by Gasteiger charge is -2.18. The number of esters is 3. The fourth-order valence-electron chi connectivity index (χ4n) is 6.77. The summed E-state index contributed by atoms with van der Waals surface area (Å²) in [7, 11) is 0. The smallest absolute Gasteiger partial charge is 0.306 e. The van der Waals surface area contributed by atoms with E-state index in [2.05, 4.69) is 75.5 Å². The van der Waals surface area contributed by atoms with Gasteiger partial charge in [0.2, 0.25) is 0 Å². The number of hydrogen-bond acceptors (Lipinski definition) is 6. The van der Waals surface area contributed by atoms with Crippen LogP contribution in [-0.4, -0.2) is 37.2 Å². The summed E-state index contributed by atoms with van der Waals surface area (Å²) in [4.78, 5) is 37.9. The normalized spacial score (nSPS) is 13.0. The number of ether oxygens (including phenoxy) is 3. The second kappa shape index (κ2) is 51.7. The van der Waals surface area contributed by atoms with Crippen molar-refractivity contribution in [3.05, 3.63) is 109 Å². The molecule has 0 aliphatic rings. The maximum absolute atomic E-state index is 12.8. The maximum Gasteiger partial charge on any atom is 0.306 e. The third kappa shape index (κ3) is 49.1. The molecular weight excluding hydrogens is 793 g/mol. The minimum atomic E-state index is -0.818. The second-order valence-corrected chi connectivity index (χ2v) is 16.8. The van der Waals surface area contributed by atoms with E-state index in [4.69, 9.17) is 14.2 Å². The highest BCUT2D eigenvalue weighted by Gasteiger charge is 2.19. The van der Waals surface area contributed by atoms with Crippen molar-refractivity contribution < 1.29 is 28.6 Å². The molecule has 0 amide bonds. The molecule has 0 aromatic heterocycles. The minimum absolute atomic E-state index is 0.111. The molecule has 0 N–H and O–H groups in total. The Morgan fingerprint density at radius 2 is 0.703 bits per heavy atom. The van der Waals surface area contributed by atoms with Gasteiger partial charge in [-0.05, 0) is 89.9 Å². The van der Waals surface area contributed by atoms with Gasteiger partial charge in [0.05, 0.1) is 0 Å². The molecule has 0 saturated carbocycles. The molecule has 6 heteroatoms. The molecule has 0 heterocycles. The molecule has 64 heavy (non-hydrogen) atoms. The van der Waals surface area contributed by atoms with Gasteiger partial charge < -0.3 is 14.2 Å². The molecule has 0 aromatic rings. The Bertz CT molecular complexity index is 1340. The summed E-state index contributed by atoms with van der Waals surface area (Å²) in [5.74, 6) is -1.01. The average Bonchev–Trinajstić information content (AvgIpc) is 3.29. The number of hydrogen-bond donors (Lipinski definition) is 0. The Morgan fingerprint density at radius 1 is 0.344 bits per heavy atom. The SMILES string of the molecule is CC/C=C/C=C/C=C/C=C/C=C/CCCC(=O)OCC(COC(=O)CCCCCCCCCCC/C=C/C/C=C/C/C=C/CC)OC(=O)CCCCC/C=C/CCCCCCCCC. The number of carbonyl (C=O) groups excluding carboxylic acids is 3. The largest absolute Gasteiger partial charge is 0.462 e. The van der Waals surface area contributed by atoms with Crippen molar-refractivity contribution in [3.8, 4) is 0 Å². The topological polar surface area (TPSA) is 78.9 Å². The Kier molecular flexibility index (Phi) is 48.5. The van der Waals surface area contributed by atoms with E-state index < -0.39 is 6.10 Å². The Balaban J connectivity index is 4.48. The van der Waals surface area contributed by atoms with E-state index in [0.29, 0.717) is 12.8 Å². The highest BCUT2D eigenvalue weighted by molar-refractivity contribution is 5.71. The molecule has 0 bridgehead atoms. The number of rotatable bonds is 45. The molecule has 0 radical (unpaired) electrons. The number of unbranched alkanes of at least 4 members (excludes halogenated alkanes) is 20. The van der Waals surface area contributed by atoms with Gasteiger partial charge in [-0.2, -0.15) is 0 Å². The molecule has 362 valence electrons. The van der Waals surface area contributed by atoms with Gasteiger partial charge in [-0.25, -0.2) is 0 Å². The fourth-order valence-corrected chi connectivity index (χ4v) is 6.77. The Morgan fingerprint density at radius 3 is 1.22 bits per heavy atom. The molecule has 0 rings (SSSR count). The predicted octanol–water partition coefficient (Wildman–Crippen LogP) is 17.1. The molecule has 1 atom stereocenters. The van der Waals surface area contributed by atoms with E-state index in [1.54, 1.807) is 0 Å². The molecule has 1 unspecified atom stereocenters. The van der Waals surface area contributed by atoms with Crippen molar-refractivity contribution in [1.29, 1.82) is 0 Å². The Hall–Kier alpha value is -3.93. The summed E-state index contributed by atoms with van der Waals surface area (Å²) in [6.07, 6.45) is 69.4. The van der Waals surface area contributed by atoms with Crippen molar-refractivity contribution in [3.63, 3.8) is 0 Å². The molecule has 0 fully saturated rings. The standard InChI is InChI=1S/C58H94O6/c1-4-7-10-13-16-19-22-25-27-28-29-30-31-34-36-39-42-45-48-51-57(60)63-54-55(53-62-56(59)50-47-44-41-38-35-32-24-21-18-15-12-9-6-3)64-58(61)52-49-46-43-40-37-33-26-23-20-17-14-11-8-5-2/h7,9-10,12,15-16,18-19,21,24-25,27,32-33,35,37-38,41,55H,4-6,8,11,13-14,17,20,22-23,26,28-31,34,36,39-40,42-54H2,1-3H3/b10-7+,12-9+,18-15+,19-16+,24-21+,27-25+,35-32+,37-33+,41-38+. The second-order valence-electron chi connectivity index (χ2n) is 16.8. The van der Waals surface area contributed by atoms with Gasteiger partial charge in [-0.3, -0.25) is 14.4 Å². The van der Waals surface area contributed by atoms with Crippen LogP contribution in [0.4, 0.5) is 0 Å². The monoisotopic (exact) mass is 887 g/mol. The van der Waals surface area contributed by atoms with E-state index in [-0.39, 0.29) is 44.0 Å². The summed E-state index contributed by atoms with van der Waals surface area (Å²) in [6.45, 7) is 6.29. The summed E-state index contributed by atoms with van der Waals surface area (Å²) in [5.41, 5.74) is 0. The highest BCUT2D eigenvalue weighted by Crippen LogP contribution is 2.14. The van der Waals surface area contributed by atoms with E-state index in [9.17, 15) is 14.4 Å². The van der Waals surface area contributed by atoms with Gasteiger partial charge >= 0.3 is 17.9 Å². The summed E-state index contributed by atoms with van der Waals surface area (Å²) < 4.78 is 16.7. The molecule has 0 saturated heterocycles. The van der Waals surface area contributed by atoms with Crippen LogP contribution in [0.5, 0.6) is 0 Å². The lowest BCUT2D eigenvalue weighted by atomic mass is 10.1. The van der Waals surface area contributed by atoms with E-state index in [0.717, 1.165) is 89.9 Å². The van der Waals surface area contributed by atoms with Gasteiger partial charge in [-0.15, -0.1) is 0 Å². The number of carbonyl (C=O) groups is 3. The molecule has 0 spiro atoms. The van der Waals surface area contributed by atoms with Gasteiger partial charge in [-0.1, -0.05) is 220 Å². The van der Waals surface area contributed by atoms with Crippen LogP contribution in [0.15, 0.2) is 109 Å². The quantitative estimate of drug-likeness (QED) is 0.0199. The third-order valence-corrected chi connectivity index (χ3v) is 10.6. The first kappa shape index (κ1) is 60.1. The summed E-state index contributed by atoms with van der Waals surface area (Å²) >= 11 is 0. The minimum Gasteiger partial charge on any atom is -0.462 e. The average molecular weight is 887 g/mol. The number of allylic oxidation sites excluding steroid dienone is 18. The predicted molar refractivity (Wildman–Crippen MR) is 274 cm³/mol. The van der Waals surface area contributed by atoms with Gasteiger partial charge in [0.15, 0.2) is 6.10 Å². The lowest BCUT2D eigenvalue weighted by molar-refractivity contribution is -0.167. The molecule has 6 nitrogen and oxygen atoms in total. The van der Waals surface area contributed by atoms with Crippen molar-refractivity contribution >= 4 is 17.9 Å². The molecular formula is C58H94O6. The summed E-state index contributed by atoms with van der Waals surface area (Å²) in [5, 5.41) is 0. The maximum atomic E-state index is 12.8. The molecule has 0 aliphatic carbocycles. The first-order valence-electron chi connectivity index (χ1n) is 26.0. The van der Waals surface area contributed by atoms with Crippen LogP contribution < -0.4 is 0 Å². The third-order valence-electron chi connectivity index (χ3n) is 10.6. The summed E-state index contributed by atoms with van der Waals surface area (Å²) in [6, 6.07) is 0. The zero-order chi connectivity index (χ0) is 46.5.